The van der Waals surface area contributed by atoms with Gasteiger partial charge in [-0.25, -0.2) is 0 Å². The summed E-state index contributed by atoms with van der Waals surface area (Å²) >= 11 is 0. The second kappa shape index (κ2) is 5.44. The lowest BCUT2D eigenvalue weighted by atomic mass is 10.2. The van der Waals surface area contributed by atoms with Crippen LogP contribution in [-0.2, 0) is 7.05 Å². The van der Waals surface area contributed by atoms with Gasteiger partial charge in [-0.15, -0.1) is 0 Å². The molecule has 1 heterocycles. The maximum atomic E-state index is 11.7. The Morgan fingerprint density at radius 1 is 1.71 bits per heavy atom. The van der Waals surface area contributed by atoms with Crippen molar-refractivity contribution in [3.05, 3.63) is 28.1 Å². The summed E-state index contributed by atoms with van der Waals surface area (Å²) in [7, 11) is 1.59. The van der Waals surface area contributed by atoms with Gasteiger partial charge in [0.1, 0.15) is 5.69 Å². The Morgan fingerprint density at radius 2 is 2.35 bits per heavy atom. The summed E-state index contributed by atoms with van der Waals surface area (Å²) < 4.78 is 1.43. The van der Waals surface area contributed by atoms with E-state index in [9.17, 15) is 14.9 Å². The Morgan fingerprint density at radius 3 is 2.82 bits per heavy atom. The highest BCUT2D eigenvalue weighted by Crippen LogP contribution is 2.14. The number of aromatic nitrogens is 1. The lowest BCUT2D eigenvalue weighted by Gasteiger charge is -2.07. The van der Waals surface area contributed by atoms with Crippen molar-refractivity contribution >= 4 is 11.6 Å². The van der Waals surface area contributed by atoms with Crippen LogP contribution in [0.1, 0.15) is 23.8 Å². The van der Waals surface area contributed by atoms with Gasteiger partial charge in [-0.2, -0.15) is 0 Å². The van der Waals surface area contributed by atoms with E-state index in [1.807, 2.05) is 6.92 Å². The summed E-state index contributed by atoms with van der Waals surface area (Å²) in [4.78, 5) is 21.7. The van der Waals surface area contributed by atoms with Crippen LogP contribution in [0.15, 0.2) is 12.3 Å². The molecule has 1 aromatic heterocycles. The topological polar surface area (TPSA) is 103 Å². The highest BCUT2D eigenvalue weighted by Gasteiger charge is 2.16. The van der Waals surface area contributed by atoms with Crippen LogP contribution < -0.4 is 11.1 Å². The Bertz CT molecular complexity index is 425. The summed E-state index contributed by atoms with van der Waals surface area (Å²) in [5, 5.41) is 13.2. The highest BCUT2D eigenvalue weighted by atomic mass is 16.6. The fourth-order valence-electron chi connectivity index (χ4n) is 1.38. The molecule has 0 radical (unpaired) electrons. The summed E-state index contributed by atoms with van der Waals surface area (Å²) in [6.07, 6.45) is 1.97. The fourth-order valence-corrected chi connectivity index (χ4v) is 1.38. The Kier molecular flexibility index (Phi) is 4.22. The molecule has 1 rings (SSSR count). The standard InChI is InChI=1S/C10H16N4O3/c1-7(11)3-4-12-10(15)9-5-8(14(16)17)6-13(9)2/h5-7H,3-4,11H2,1-2H3,(H,12,15). The van der Waals surface area contributed by atoms with E-state index in [-0.39, 0.29) is 23.3 Å². The van der Waals surface area contributed by atoms with Gasteiger partial charge in [-0.05, 0) is 13.3 Å². The first-order valence-electron chi connectivity index (χ1n) is 5.26. The number of nitro groups is 1. The van der Waals surface area contributed by atoms with E-state index in [4.69, 9.17) is 5.73 Å². The molecule has 0 bridgehead atoms. The number of rotatable bonds is 5. The molecule has 17 heavy (non-hydrogen) atoms. The molecule has 1 amide bonds. The lowest BCUT2D eigenvalue weighted by Crippen LogP contribution is -2.29. The average molecular weight is 240 g/mol. The van der Waals surface area contributed by atoms with Gasteiger partial charge in [0.25, 0.3) is 11.6 Å². The van der Waals surface area contributed by atoms with E-state index in [0.717, 1.165) is 0 Å². The minimum atomic E-state index is -0.529. The van der Waals surface area contributed by atoms with Gasteiger partial charge < -0.3 is 15.6 Å². The number of hydrogen-bond donors (Lipinski definition) is 2. The maximum Gasteiger partial charge on any atom is 0.287 e. The number of nitrogens with one attached hydrogen (secondary N) is 1. The molecule has 0 saturated heterocycles. The molecule has 0 aromatic carbocycles. The van der Waals surface area contributed by atoms with Gasteiger partial charge in [-0.1, -0.05) is 0 Å². The van der Waals surface area contributed by atoms with E-state index >= 15 is 0 Å². The van der Waals surface area contributed by atoms with E-state index in [1.54, 1.807) is 7.05 Å². The Labute approximate surface area is 98.7 Å². The lowest BCUT2D eigenvalue weighted by molar-refractivity contribution is -0.384. The van der Waals surface area contributed by atoms with Crippen molar-refractivity contribution in [2.75, 3.05) is 6.54 Å². The van der Waals surface area contributed by atoms with Crippen LogP contribution in [0, 0.1) is 10.1 Å². The van der Waals surface area contributed by atoms with Gasteiger partial charge in [0, 0.05) is 25.7 Å². The van der Waals surface area contributed by atoms with Crippen LogP contribution in [0.4, 0.5) is 5.69 Å². The number of carbonyl (C=O) groups is 1. The molecule has 94 valence electrons. The summed E-state index contributed by atoms with van der Waals surface area (Å²) in [5.41, 5.74) is 5.72. The van der Waals surface area contributed by atoms with Gasteiger partial charge in [-0.3, -0.25) is 14.9 Å². The Balaban J connectivity index is 2.66. The average Bonchev–Trinajstić information content (AvgIpc) is 2.59. The van der Waals surface area contributed by atoms with Gasteiger partial charge in [0.05, 0.1) is 11.1 Å². The van der Waals surface area contributed by atoms with Crippen LogP contribution >= 0.6 is 0 Å². The van der Waals surface area contributed by atoms with Crippen molar-refractivity contribution < 1.29 is 9.72 Å². The zero-order valence-corrected chi connectivity index (χ0v) is 9.84. The number of nitrogens with two attached hydrogens (primary N) is 1. The summed E-state index contributed by atoms with van der Waals surface area (Å²) in [5.74, 6) is -0.332. The number of aryl methyl sites for hydroxylation is 1. The first-order chi connectivity index (χ1) is 7.91. The first kappa shape index (κ1) is 13.2. The number of amides is 1. The van der Waals surface area contributed by atoms with Crippen molar-refractivity contribution in [3.63, 3.8) is 0 Å². The van der Waals surface area contributed by atoms with Crippen molar-refractivity contribution in [1.29, 1.82) is 0 Å². The van der Waals surface area contributed by atoms with Crippen LogP contribution in [0.25, 0.3) is 0 Å². The predicted octanol–water partition coefficient (Wildman–Crippen LogP) is 0.400. The second-order valence-corrected chi connectivity index (χ2v) is 3.97. The van der Waals surface area contributed by atoms with Gasteiger partial charge >= 0.3 is 0 Å². The molecule has 0 spiro atoms. The maximum absolute atomic E-state index is 11.7. The second-order valence-electron chi connectivity index (χ2n) is 3.97. The normalized spacial score (nSPS) is 12.2. The van der Waals surface area contributed by atoms with E-state index in [0.29, 0.717) is 13.0 Å². The molecule has 0 saturated carbocycles. The number of nitrogens with zero attached hydrogens (tertiary/aromatic N) is 2. The predicted molar refractivity (Wildman–Crippen MR) is 62.7 cm³/mol. The van der Waals surface area contributed by atoms with Crippen LogP contribution in [0.2, 0.25) is 0 Å². The summed E-state index contributed by atoms with van der Waals surface area (Å²) in [6.45, 7) is 2.30. The van der Waals surface area contributed by atoms with Gasteiger partial charge in [0.15, 0.2) is 0 Å². The number of hydrogen-bond acceptors (Lipinski definition) is 4. The molecule has 0 aliphatic rings. The van der Waals surface area contributed by atoms with Crippen molar-refractivity contribution in [2.45, 2.75) is 19.4 Å². The highest BCUT2D eigenvalue weighted by molar-refractivity contribution is 5.93. The third kappa shape index (κ3) is 3.56. The Hall–Kier alpha value is -1.89. The number of carbonyl (C=O) groups excluding carboxylic acids is 1. The fraction of sp³-hybridized carbons (Fsp3) is 0.500. The van der Waals surface area contributed by atoms with E-state index in [2.05, 4.69) is 5.32 Å². The van der Waals surface area contributed by atoms with Crippen molar-refractivity contribution in [1.82, 2.24) is 9.88 Å². The molecular weight excluding hydrogens is 224 g/mol. The largest absolute Gasteiger partial charge is 0.351 e. The zero-order valence-electron chi connectivity index (χ0n) is 9.84. The molecule has 7 nitrogen and oxygen atoms in total. The SMILES string of the molecule is CC(N)CCNC(=O)c1cc([N+](=O)[O-])cn1C. The minimum absolute atomic E-state index is 0.0121. The van der Waals surface area contributed by atoms with E-state index in [1.165, 1.54) is 16.8 Å². The third-order valence-electron chi connectivity index (χ3n) is 2.32. The molecule has 1 aromatic rings. The molecule has 0 aliphatic heterocycles. The zero-order chi connectivity index (χ0) is 13.0. The van der Waals surface area contributed by atoms with Gasteiger partial charge in [0.2, 0.25) is 0 Å². The molecule has 1 atom stereocenters. The molecule has 1 unspecified atom stereocenters. The molecule has 0 fully saturated rings. The smallest absolute Gasteiger partial charge is 0.287 e. The monoisotopic (exact) mass is 240 g/mol. The van der Waals surface area contributed by atoms with Crippen molar-refractivity contribution in [3.8, 4) is 0 Å². The molecular formula is C10H16N4O3. The van der Waals surface area contributed by atoms with Crippen LogP contribution in [-0.4, -0.2) is 28.0 Å². The van der Waals surface area contributed by atoms with Crippen molar-refractivity contribution in [2.24, 2.45) is 12.8 Å². The van der Waals surface area contributed by atoms with Crippen LogP contribution in [0.3, 0.4) is 0 Å². The minimum Gasteiger partial charge on any atom is -0.351 e. The molecule has 0 aliphatic carbocycles. The third-order valence-corrected chi connectivity index (χ3v) is 2.32. The van der Waals surface area contributed by atoms with Crippen LogP contribution in [0.5, 0.6) is 0 Å². The first-order valence-corrected chi connectivity index (χ1v) is 5.26. The molecule has 7 heteroatoms. The van der Waals surface area contributed by atoms with E-state index < -0.39 is 4.92 Å². The molecule has 3 N–H and O–H groups in total. The quantitative estimate of drug-likeness (QED) is 0.574. The summed E-state index contributed by atoms with van der Waals surface area (Å²) in [6, 6.07) is 1.26.